The van der Waals surface area contributed by atoms with Crippen molar-refractivity contribution in [2.45, 2.75) is 25.6 Å². The van der Waals surface area contributed by atoms with Gasteiger partial charge in [-0.25, -0.2) is 0 Å². The van der Waals surface area contributed by atoms with Crippen molar-refractivity contribution in [3.8, 4) is 11.4 Å². The number of hydrogen-bond acceptors (Lipinski definition) is 4. The zero-order valence-corrected chi connectivity index (χ0v) is 18.4. The zero-order valence-electron chi connectivity index (χ0n) is 18.4. The maximum absolute atomic E-state index is 13.3. The number of halogens is 3. The molecular formula is C26H22F3N3O2. The van der Waals surface area contributed by atoms with Crippen molar-refractivity contribution in [3.05, 3.63) is 108 Å². The van der Waals surface area contributed by atoms with Gasteiger partial charge in [0.1, 0.15) is 0 Å². The first-order chi connectivity index (χ1) is 16.3. The predicted molar refractivity (Wildman–Crippen MR) is 121 cm³/mol. The normalized spacial score (nSPS) is 12.4. The van der Waals surface area contributed by atoms with Crippen molar-refractivity contribution in [2.24, 2.45) is 0 Å². The van der Waals surface area contributed by atoms with Gasteiger partial charge in [0, 0.05) is 24.1 Å². The highest BCUT2D eigenvalue weighted by Crippen LogP contribution is 2.30. The van der Waals surface area contributed by atoms with Gasteiger partial charge < -0.3 is 9.42 Å². The number of carbonyl (C=O) groups excluding carboxylic acids is 1. The lowest BCUT2D eigenvalue weighted by Crippen LogP contribution is -2.35. The maximum Gasteiger partial charge on any atom is 0.416 e. The molecule has 1 aromatic heterocycles. The van der Waals surface area contributed by atoms with Crippen molar-refractivity contribution >= 4 is 5.91 Å². The summed E-state index contributed by atoms with van der Waals surface area (Å²) in [5, 5.41) is 4.01. The van der Waals surface area contributed by atoms with Crippen molar-refractivity contribution in [2.75, 3.05) is 6.54 Å². The molecular weight excluding hydrogens is 443 g/mol. The molecule has 0 aliphatic carbocycles. The van der Waals surface area contributed by atoms with Crippen molar-refractivity contribution in [1.82, 2.24) is 15.0 Å². The molecule has 0 bridgehead atoms. The molecule has 4 aromatic rings. The van der Waals surface area contributed by atoms with Gasteiger partial charge in [0.15, 0.2) is 0 Å². The first kappa shape index (κ1) is 23.2. The molecule has 0 aliphatic rings. The number of aromatic nitrogens is 2. The lowest BCUT2D eigenvalue weighted by Gasteiger charge is -2.29. The Hall–Kier alpha value is -3.94. The molecule has 174 valence electrons. The van der Waals surface area contributed by atoms with Crippen LogP contribution in [0.25, 0.3) is 11.4 Å². The number of carbonyl (C=O) groups is 1. The van der Waals surface area contributed by atoms with Crippen LogP contribution in [0.5, 0.6) is 0 Å². The average Bonchev–Trinajstić information content (AvgIpc) is 3.33. The molecule has 0 N–H and O–H groups in total. The number of nitrogens with zero attached hydrogens (tertiary/aromatic N) is 3. The number of alkyl halides is 3. The van der Waals surface area contributed by atoms with E-state index < -0.39 is 11.7 Å². The van der Waals surface area contributed by atoms with Crippen LogP contribution >= 0.6 is 0 Å². The summed E-state index contributed by atoms with van der Waals surface area (Å²) in [4.78, 5) is 19.4. The Morgan fingerprint density at radius 3 is 2.18 bits per heavy atom. The number of rotatable bonds is 7. The summed E-state index contributed by atoms with van der Waals surface area (Å²) < 4.78 is 44.2. The molecule has 34 heavy (non-hydrogen) atoms. The third-order valence-corrected chi connectivity index (χ3v) is 5.54. The molecule has 1 amide bonds. The van der Waals surface area contributed by atoms with E-state index in [1.165, 1.54) is 12.1 Å². The average molecular weight is 465 g/mol. The van der Waals surface area contributed by atoms with Crippen LogP contribution in [0.1, 0.15) is 40.3 Å². The zero-order chi connectivity index (χ0) is 24.1. The molecule has 0 spiro atoms. The first-order valence-electron chi connectivity index (χ1n) is 10.7. The Kier molecular flexibility index (Phi) is 6.77. The quantitative estimate of drug-likeness (QED) is 0.326. The molecule has 0 aliphatic heterocycles. The fourth-order valence-electron chi connectivity index (χ4n) is 3.63. The van der Waals surface area contributed by atoms with Gasteiger partial charge in [0.2, 0.25) is 11.7 Å². The van der Waals surface area contributed by atoms with Crippen LogP contribution in [-0.2, 0) is 12.6 Å². The number of benzene rings is 3. The second-order valence-electron chi connectivity index (χ2n) is 7.79. The van der Waals surface area contributed by atoms with Crippen LogP contribution in [0, 0.1) is 0 Å². The van der Waals surface area contributed by atoms with Crippen LogP contribution < -0.4 is 0 Å². The van der Waals surface area contributed by atoms with Crippen LogP contribution in [0.15, 0.2) is 89.5 Å². The highest BCUT2D eigenvalue weighted by atomic mass is 19.4. The van der Waals surface area contributed by atoms with E-state index in [2.05, 4.69) is 10.1 Å². The summed E-state index contributed by atoms with van der Waals surface area (Å²) in [7, 11) is 0. The summed E-state index contributed by atoms with van der Waals surface area (Å²) in [6, 6.07) is 22.7. The summed E-state index contributed by atoms with van der Waals surface area (Å²) in [5.41, 5.74) is 1.09. The second kappa shape index (κ2) is 9.91. The minimum Gasteiger partial charge on any atom is -0.339 e. The molecule has 1 heterocycles. The molecule has 0 radical (unpaired) electrons. The molecule has 0 saturated heterocycles. The van der Waals surface area contributed by atoms with Gasteiger partial charge >= 0.3 is 6.18 Å². The van der Waals surface area contributed by atoms with E-state index in [-0.39, 0.29) is 24.1 Å². The van der Waals surface area contributed by atoms with Gasteiger partial charge in [-0.1, -0.05) is 65.8 Å². The summed E-state index contributed by atoms with van der Waals surface area (Å²) in [6.45, 7) is 2.12. The van der Waals surface area contributed by atoms with Gasteiger partial charge in [-0.3, -0.25) is 4.79 Å². The Bertz CT molecular complexity index is 1220. The Labute approximate surface area is 194 Å². The van der Waals surface area contributed by atoms with Gasteiger partial charge in [-0.15, -0.1) is 0 Å². The monoisotopic (exact) mass is 465 g/mol. The Morgan fingerprint density at radius 1 is 0.941 bits per heavy atom. The first-order valence-corrected chi connectivity index (χ1v) is 10.7. The summed E-state index contributed by atoms with van der Waals surface area (Å²) >= 11 is 0. The van der Waals surface area contributed by atoms with E-state index in [4.69, 9.17) is 4.52 Å². The van der Waals surface area contributed by atoms with E-state index >= 15 is 0 Å². The van der Waals surface area contributed by atoms with Crippen LogP contribution in [0.3, 0.4) is 0 Å². The van der Waals surface area contributed by atoms with Crippen molar-refractivity contribution in [1.29, 1.82) is 0 Å². The fraction of sp³-hybridized carbons (Fsp3) is 0.192. The third-order valence-electron chi connectivity index (χ3n) is 5.54. The predicted octanol–water partition coefficient (Wildman–Crippen LogP) is 6.20. The maximum atomic E-state index is 13.3. The molecule has 5 nitrogen and oxygen atoms in total. The van der Waals surface area contributed by atoms with Crippen molar-refractivity contribution < 1.29 is 22.5 Å². The Balaban J connectivity index is 1.56. The van der Waals surface area contributed by atoms with E-state index in [0.717, 1.165) is 23.3 Å². The Morgan fingerprint density at radius 2 is 1.56 bits per heavy atom. The minimum atomic E-state index is -4.47. The number of hydrogen-bond donors (Lipinski definition) is 0. The lowest BCUT2D eigenvalue weighted by atomic mass is 10.0. The fourth-order valence-corrected chi connectivity index (χ4v) is 3.63. The molecule has 0 unspecified atom stereocenters. The van der Waals surface area contributed by atoms with Gasteiger partial charge in [0.05, 0.1) is 11.6 Å². The minimum absolute atomic E-state index is 0.172. The topological polar surface area (TPSA) is 59.2 Å². The third kappa shape index (κ3) is 5.33. The van der Waals surface area contributed by atoms with E-state index in [9.17, 15) is 18.0 Å². The molecule has 4 rings (SSSR count). The van der Waals surface area contributed by atoms with Crippen LogP contribution in [0.4, 0.5) is 13.2 Å². The van der Waals surface area contributed by atoms with E-state index in [0.29, 0.717) is 18.1 Å². The second-order valence-corrected chi connectivity index (χ2v) is 7.79. The van der Waals surface area contributed by atoms with Crippen LogP contribution in [-0.4, -0.2) is 27.5 Å². The highest BCUT2D eigenvalue weighted by Gasteiger charge is 2.31. The summed E-state index contributed by atoms with van der Waals surface area (Å²) in [5.74, 6) is 0.435. The largest absolute Gasteiger partial charge is 0.416 e. The van der Waals surface area contributed by atoms with Gasteiger partial charge in [0.25, 0.3) is 5.91 Å². The summed E-state index contributed by atoms with van der Waals surface area (Å²) in [6.07, 6.45) is -4.17. The molecule has 8 heteroatoms. The lowest BCUT2D eigenvalue weighted by molar-refractivity contribution is -0.137. The molecule has 3 aromatic carbocycles. The molecule has 0 saturated carbocycles. The van der Waals surface area contributed by atoms with E-state index in [1.807, 2.05) is 67.6 Å². The molecule has 0 fully saturated rings. The van der Waals surface area contributed by atoms with E-state index in [1.54, 1.807) is 4.90 Å². The number of amides is 1. The standard InChI is InChI=1S/C26H22F3N3O2/c1-18(19-8-4-2-5-9-19)32(25(33)21-12-14-22(15-13-21)26(27,28)29)17-16-23-30-24(31-34-23)20-10-6-3-7-11-20/h2-15,18H,16-17H2,1H3/t18-/m0/s1. The van der Waals surface area contributed by atoms with Gasteiger partial charge in [-0.2, -0.15) is 18.2 Å². The van der Waals surface area contributed by atoms with Crippen LogP contribution in [0.2, 0.25) is 0 Å². The smallest absolute Gasteiger partial charge is 0.339 e. The van der Waals surface area contributed by atoms with Crippen molar-refractivity contribution in [3.63, 3.8) is 0 Å². The van der Waals surface area contributed by atoms with Gasteiger partial charge in [-0.05, 0) is 36.8 Å². The molecule has 1 atom stereocenters. The SMILES string of the molecule is C[C@@H](c1ccccc1)N(CCc1nc(-c2ccccc2)no1)C(=O)c1ccc(C(F)(F)F)cc1. The highest BCUT2D eigenvalue weighted by molar-refractivity contribution is 5.94.